The van der Waals surface area contributed by atoms with Crippen LogP contribution in [0.2, 0.25) is 0 Å². The van der Waals surface area contributed by atoms with Crippen molar-refractivity contribution < 1.29 is 4.79 Å². The average Bonchev–Trinajstić information content (AvgIpc) is 3.38. The molecule has 1 aliphatic rings. The van der Waals surface area contributed by atoms with Gasteiger partial charge in [-0.25, -0.2) is 4.98 Å². The summed E-state index contributed by atoms with van der Waals surface area (Å²) in [6.45, 7) is 4.11. The number of nitrogens with one attached hydrogen (secondary N) is 2. The standard InChI is InChI=1S/C23H34N6O/c1-18-25-12-13-29(18)16-20-9-7-8-19(14-20)15-26-22(24-2)27-17-23(10-5-6-11-23)21(30)28(3)4/h7-9,12-14H,5-6,10-11,15-17H2,1-4H3,(H2,24,26,27). The Balaban J connectivity index is 1.57. The van der Waals surface area contributed by atoms with Crippen molar-refractivity contribution in [3.05, 3.63) is 53.6 Å². The minimum absolute atomic E-state index is 0.213. The number of carbonyl (C=O) groups excluding carboxylic acids is 1. The lowest BCUT2D eigenvalue weighted by Gasteiger charge is -2.31. The highest BCUT2D eigenvalue weighted by Gasteiger charge is 2.42. The number of aryl methyl sites for hydroxylation is 1. The number of nitrogens with zero attached hydrogens (tertiary/aromatic N) is 4. The number of carbonyl (C=O) groups is 1. The number of guanidine groups is 1. The average molecular weight is 411 g/mol. The molecule has 1 aromatic carbocycles. The van der Waals surface area contributed by atoms with Crippen LogP contribution < -0.4 is 10.6 Å². The first kappa shape index (κ1) is 21.9. The van der Waals surface area contributed by atoms with Gasteiger partial charge < -0.3 is 20.1 Å². The van der Waals surface area contributed by atoms with Crippen LogP contribution in [-0.4, -0.2) is 54.0 Å². The number of hydrogen-bond acceptors (Lipinski definition) is 3. The summed E-state index contributed by atoms with van der Waals surface area (Å²) in [4.78, 5) is 23.1. The van der Waals surface area contributed by atoms with E-state index >= 15 is 0 Å². The third-order valence-electron chi connectivity index (χ3n) is 5.97. The zero-order valence-corrected chi connectivity index (χ0v) is 18.6. The predicted octanol–water partition coefficient (Wildman–Crippen LogP) is 2.55. The van der Waals surface area contributed by atoms with Gasteiger partial charge in [-0.05, 0) is 30.9 Å². The highest BCUT2D eigenvalue weighted by Crippen LogP contribution is 2.38. The molecule has 162 valence electrons. The molecule has 30 heavy (non-hydrogen) atoms. The molecule has 1 fully saturated rings. The number of rotatable bonds is 7. The monoisotopic (exact) mass is 410 g/mol. The van der Waals surface area contributed by atoms with Gasteiger partial charge in [0.2, 0.25) is 5.91 Å². The van der Waals surface area contributed by atoms with Gasteiger partial charge in [-0.15, -0.1) is 0 Å². The van der Waals surface area contributed by atoms with Crippen LogP contribution >= 0.6 is 0 Å². The molecule has 0 radical (unpaired) electrons. The quantitative estimate of drug-likeness (QED) is 0.543. The molecule has 7 nitrogen and oxygen atoms in total. The molecule has 1 aliphatic carbocycles. The van der Waals surface area contributed by atoms with Gasteiger partial charge in [0.15, 0.2) is 5.96 Å². The summed E-state index contributed by atoms with van der Waals surface area (Å²) in [6, 6.07) is 8.52. The predicted molar refractivity (Wildman–Crippen MR) is 120 cm³/mol. The van der Waals surface area contributed by atoms with Gasteiger partial charge in [0.1, 0.15) is 5.82 Å². The largest absolute Gasteiger partial charge is 0.355 e. The second-order valence-corrected chi connectivity index (χ2v) is 8.39. The summed E-state index contributed by atoms with van der Waals surface area (Å²) in [5.74, 6) is 1.95. The Hall–Kier alpha value is -2.83. The number of aromatic nitrogens is 2. The Morgan fingerprint density at radius 2 is 1.97 bits per heavy atom. The summed E-state index contributed by atoms with van der Waals surface area (Å²) in [7, 11) is 5.45. The highest BCUT2D eigenvalue weighted by molar-refractivity contribution is 5.85. The van der Waals surface area contributed by atoms with Crippen LogP contribution in [0.1, 0.15) is 42.6 Å². The number of aliphatic imine (C=N–C) groups is 1. The second-order valence-electron chi connectivity index (χ2n) is 8.39. The number of imidazole rings is 1. The summed E-state index contributed by atoms with van der Waals surface area (Å²) in [5, 5.41) is 6.78. The summed E-state index contributed by atoms with van der Waals surface area (Å²) in [5.41, 5.74) is 2.11. The van der Waals surface area contributed by atoms with Crippen molar-refractivity contribution in [1.82, 2.24) is 25.1 Å². The normalized spacial score (nSPS) is 15.8. The number of benzene rings is 1. The zero-order chi connectivity index (χ0) is 21.6. The van der Waals surface area contributed by atoms with Gasteiger partial charge >= 0.3 is 0 Å². The minimum atomic E-state index is -0.316. The van der Waals surface area contributed by atoms with Gasteiger partial charge in [0.25, 0.3) is 0 Å². The van der Waals surface area contributed by atoms with E-state index in [0.29, 0.717) is 13.1 Å². The van der Waals surface area contributed by atoms with Crippen LogP contribution in [0.3, 0.4) is 0 Å². The SMILES string of the molecule is CN=C(NCc1cccc(Cn2ccnc2C)c1)NCC1(C(=O)N(C)C)CCCC1. The molecular weight excluding hydrogens is 376 g/mol. The summed E-state index contributed by atoms with van der Waals surface area (Å²) < 4.78 is 2.13. The van der Waals surface area contributed by atoms with Crippen LogP contribution in [0.4, 0.5) is 0 Å². The lowest BCUT2D eigenvalue weighted by atomic mass is 9.84. The molecule has 1 aromatic heterocycles. The lowest BCUT2D eigenvalue weighted by Crippen LogP contribution is -2.49. The molecule has 0 atom stereocenters. The third-order valence-corrected chi connectivity index (χ3v) is 5.97. The molecule has 2 aromatic rings. The topological polar surface area (TPSA) is 74.5 Å². The van der Waals surface area contributed by atoms with Crippen molar-refractivity contribution in [1.29, 1.82) is 0 Å². The first-order valence-corrected chi connectivity index (χ1v) is 10.7. The van der Waals surface area contributed by atoms with E-state index in [1.54, 1.807) is 11.9 Å². The van der Waals surface area contributed by atoms with Gasteiger partial charge in [0, 0.05) is 53.2 Å². The fraction of sp³-hybridized carbons (Fsp3) is 0.522. The Labute approximate surface area is 179 Å². The van der Waals surface area contributed by atoms with E-state index < -0.39 is 0 Å². The fourth-order valence-electron chi connectivity index (χ4n) is 4.26. The Kier molecular flexibility index (Phi) is 7.13. The molecule has 3 rings (SSSR count). The molecule has 1 heterocycles. The maximum absolute atomic E-state index is 12.8. The van der Waals surface area contributed by atoms with E-state index in [0.717, 1.165) is 44.0 Å². The zero-order valence-electron chi connectivity index (χ0n) is 18.6. The molecule has 0 saturated heterocycles. The fourth-order valence-corrected chi connectivity index (χ4v) is 4.26. The van der Waals surface area contributed by atoms with E-state index in [9.17, 15) is 4.79 Å². The first-order chi connectivity index (χ1) is 14.4. The molecule has 0 aliphatic heterocycles. The Morgan fingerprint density at radius 1 is 1.23 bits per heavy atom. The van der Waals surface area contributed by atoms with E-state index in [1.165, 1.54) is 11.1 Å². The van der Waals surface area contributed by atoms with Crippen LogP contribution in [0.25, 0.3) is 0 Å². The highest BCUT2D eigenvalue weighted by atomic mass is 16.2. The molecule has 1 saturated carbocycles. The van der Waals surface area contributed by atoms with Crippen molar-refractivity contribution >= 4 is 11.9 Å². The van der Waals surface area contributed by atoms with Crippen molar-refractivity contribution in [3.63, 3.8) is 0 Å². The molecule has 7 heteroatoms. The maximum Gasteiger partial charge on any atom is 0.230 e. The number of hydrogen-bond donors (Lipinski definition) is 2. The molecular formula is C23H34N6O. The molecule has 0 bridgehead atoms. The van der Waals surface area contributed by atoms with E-state index in [2.05, 4.69) is 49.4 Å². The minimum Gasteiger partial charge on any atom is -0.355 e. The van der Waals surface area contributed by atoms with Gasteiger partial charge in [-0.1, -0.05) is 37.1 Å². The van der Waals surface area contributed by atoms with Crippen molar-refractivity contribution in [3.8, 4) is 0 Å². The van der Waals surface area contributed by atoms with Gasteiger partial charge in [-0.2, -0.15) is 0 Å². The Morgan fingerprint density at radius 3 is 2.60 bits per heavy atom. The summed E-state index contributed by atoms with van der Waals surface area (Å²) >= 11 is 0. The van der Waals surface area contributed by atoms with Crippen LogP contribution in [0.15, 0.2) is 41.7 Å². The molecule has 1 amide bonds. The van der Waals surface area contributed by atoms with Crippen molar-refractivity contribution in [2.45, 2.75) is 45.7 Å². The van der Waals surface area contributed by atoms with E-state index in [1.807, 2.05) is 33.4 Å². The summed E-state index contributed by atoms with van der Waals surface area (Å²) in [6.07, 6.45) is 7.91. The van der Waals surface area contributed by atoms with Gasteiger partial charge in [-0.3, -0.25) is 9.79 Å². The smallest absolute Gasteiger partial charge is 0.230 e. The lowest BCUT2D eigenvalue weighted by molar-refractivity contribution is -0.138. The molecule has 0 spiro atoms. The third kappa shape index (κ3) is 5.20. The van der Waals surface area contributed by atoms with Crippen LogP contribution in [-0.2, 0) is 17.9 Å². The second kappa shape index (κ2) is 9.78. The van der Waals surface area contributed by atoms with Crippen LogP contribution in [0.5, 0.6) is 0 Å². The van der Waals surface area contributed by atoms with E-state index in [4.69, 9.17) is 0 Å². The first-order valence-electron chi connectivity index (χ1n) is 10.7. The van der Waals surface area contributed by atoms with E-state index in [-0.39, 0.29) is 11.3 Å². The van der Waals surface area contributed by atoms with Gasteiger partial charge in [0.05, 0.1) is 5.41 Å². The van der Waals surface area contributed by atoms with Crippen molar-refractivity contribution in [2.24, 2.45) is 10.4 Å². The van der Waals surface area contributed by atoms with Crippen molar-refractivity contribution in [2.75, 3.05) is 27.7 Å². The number of amides is 1. The van der Waals surface area contributed by atoms with Crippen LogP contribution in [0, 0.1) is 12.3 Å². The molecule has 2 N–H and O–H groups in total. The maximum atomic E-state index is 12.8. The Bertz CT molecular complexity index is 879. The molecule has 0 unspecified atom stereocenters.